The first-order chi connectivity index (χ1) is 9.80. The number of hydrogen-bond acceptors (Lipinski definition) is 4. The summed E-state index contributed by atoms with van der Waals surface area (Å²) in [5.41, 5.74) is 0. The van der Waals surface area contributed by atoms with Crippen LogP contribution in [-0.4, -0.2) is 43.8 Å². The third-order valence-corrected chi connectivity index (χ3v) is 3.84. The summed E-state index contributed by atoms with van der Waals surface area (Å²) < 4.78 is 5.28. The maximum atomic E-state index is 5.28. The SMILES string of the molecule is CCNC(=NCCOCC)NCCc1ncc(CC)s1.I. The molecule has 0 atom stereocenters. The van der Waals surface area contributed by atoms with Crippen molar-refractivity contribution in [3.05, 3.63) is 16.1 Å². The zero-order valence-corrected chi connectivity index (χ0v) is 16.3. The van der Waals surface area contributed by atoms with Crippen LogP contribution in [0, 0.1) is 0 Å². The van der Waals surface area contributed by atoms with Crippen molar-refractivity contribution in [3.63, 3.8) is 0 Å². The van der Waals surface area contributed by atoms with Crippen LogP contribution in [0.5, 0.6) is 0 Å². The summed E-state index contributed by atoms with van der Waals surface area (Å²) in [5, 5.41) is 7.73. The van der Waals surface area contributed by atoms with Crippen molar-refractivity contribution in [2.24, 2.45) is 4.99 Å². The summed E-state index contributed by atoms with van der Waals surface area (Å²) in [6.45, 7) is 10.0. The molecule has 1 aromatic heterocycles. The standard InChI is InChI=1S/C14H26N4OS.HI/c1-4-12-11-18-13(20-12)7-8-16-14(15-5-2)17-9-10-19-6-3;/h11H,4-10H2,1-3H3,(H2,15,16,17);1H. The Balaban J connectivity index is 0.00000400. The van der Waals surface area contributed by atoms with E-state index in [9.17, 15) is 0 Å². The van der Waals surface area contributed by atoms with Crippen molar-refractivity contribution in [1.29, 1.82) is 0 Å². The Morgan fingerprint density at radius 1 is 1.33 bits per heavy atom. The van der Waals surface area contributed by atoms with Gasteiger partial charge in [0, 0.05) is 37.2 Å². The lowest BCUT2D eigenvalue weighted by Gasteiger charge is -2.10. The van der Waals surface area contributed by atoms with Crippen LogP contribution in [-0.2, 0) is 17.6 Å². The Labute approximate surface area is 149 Å². The van der Waals surface area contributed by atoms with Crippen LogP contribution in [0.15, 0.2) is 11.2 Å². The van der Waals surface area contributed by atoms with Crippen LogP contribution >= 0.6 is 35.3 Å². The number of guanidine groups is 1. The summed E-state index contributed by atoms with van der Waals surface area (Å²) in [6.07, 6.45) is 3.97. The molecule has 2 N–H and O–H groups in total. The normalized spacial score (nSPS) is 11.1. The van der Waals surface area contributed by atoms with Gasteiger partial charge in [-0.25, -0.2) is 4.98 Å². The number of halogens is 1. The van der Waals surface area contributed by atoms with Gasteiger partial charge in [-0.15, -0.1) is 35.3 Å². The van der Waals surface area contributed by atoms with Gasteiger partial charge in [0.15, 0.2) is 5.96 Å². The average molecular weight is 426 g/mol. The first kappa shape index (κ1) is 20.6. The van der Waals surface area contributed by atoms with Crippen LogP contribution in [0.4, 0.5) is 0 Å². The van der Waals surface area contributed by atoms with E-state index in [1.807, 2.05) is 13.1 Å². The van der Waals surface area contributed by atoms with E-state index in [0.717, 1.165) is 38.5 Å². The number of hydrogen-bond donors (Lipinski definition) is 2. The minimum atomic E-state index is 0. The molecule has 0 spiro atoms. The number of nitrogens with zero attached hydrogens (tertiary/aromatic N) is 2. The van der Waals surface area contributed by atoms with Gasteiger partial charge in [-0.3, -0.25) is 4.99 Å². The van der Waals surface area contributed by atoms with E-state index in [1.165, 1.54) is 9.88 Å². The minimum Gasteiger partial charge on any atom is -0.380 e. The lowest BCUT2D eigenvalue weighted by molar-refractivity contribution is 0.155. The Kier molecular flexibility index (Phi) is 13.0. The van der Waals surface area contributed by atoms with Crippen LogP contribution in [0.1, 0.15) is 30.7 Å². The Morgan fingerprint density at radius 2 is 2.14 bits per heavy atom. The number of rotatable bonds is 9. The first-order valence-corrected chi connectivity index (χ1v) is 8.15. The van der Waals surface area contributed by atoms with E-state index in [4.69, 9.17) is 4.74 Å². The molecule has 7 heteroatoms. The molecule has 0 aliphatic heterocycles. The molecule has 0 radical (unpaired) electrons. The number of aryl methyl sites for hydroxylation is 1. The van der Waals surface area contributed by atoms with E-state index in [-0.39, 0.29) is 24.0 Å². The maximum absolute atomic E-state index is 5.28. The highest BCUT2D eigenvalue weighted by Crippen LogP contribution is 2.13. The molecule has 122 valence electrons. The van der Waals surface area contributed by atoms with Crippen LogP contribution in [0.3, 0.4) is 0 Å². The average Bonchev–Trinajstić information content (AvgIpc) is 2.91. The molecule has 0 aliphatic rings. The molecular formula is C14H27IN4OS. The Bertz CT molecular complexity index is 398. The van der Waals surface area contributed by atoms with Gasteiger partial charge in [0.05, 0.1) is 18.2 Å². The van der Waals surface area contributed by atoms with Crippen LogP contribution in [0.2, 0.25) is 0 Å². The summed E-state index contributed by atoms with van der Waals surface area (Å²) in [4.78, 5) is 10.2. The van der Waals surface area contributed by atoms with Crippen molar-refractivity contribution in [2.45, 2.75) is 33.6 Å². The van der Waals surface area contributed by atoms with Gasteiger partial charge in [0.25, 0.3) is 0 Å². The minimum absolute atomic E-state index is 0. The molecule has 0 saturated carbocycles. The molecule has 1 rings (SSSR count). The van der Waals surface area contributed by atoms with Gasteiger partial charge in [-0.05, 0) is 20.3 Å². The molecule has 0 amide bonds. The number of ether oxygens (including phenoxy) is 1. The summed E-state index contributed by atoms with van der Waals surface area (Å²) >= 11 is 1.79. The quantitative estimate of drug-likeness (QED) is 0.276. The zero-order valence-electron chi connectivity index (χ0n) is 13.1. The van der Waals surface area contributed by atoms with Crippen LogP contribution < -0.4 is 10.6 Å². The number of aromatic nitrogens is 1. The fourth-order valence-corrected chi connectivity index (χ4v) is 2.48. The lowest BCUT2D eigenvalue weighted by Crippen LogP contribution is -2.38. The Morgan fingerprint density at radius 3 is 2.76 bits per heavy atom. The fourth-order valence-electron chi connectivity index (χ4n) is 1.62. The Hall–Kier alpha value is -0.410. The number of aliphatic imine (C=N–C) groups is 1. The summed E-state index contributed by atoms with van der Waals surface area (Å²) in [5.74, 6) is 0.847. The van der Waals surface area contributed by atoms with E-state index in [2.05, 4.69) is 34.5 Å². The second-order valence-electron chi connectivity index (χ2n) is 4.21. The predicted octanol–water partition coefficient (Wildman–Crippen LogP) is 2.46. The second kappa shape index (κ2) is 13.3. The smallest absolute Gasteiger partial charge is 0.191 e. The fraction of sp³-hybridized carbons (Fsp3) is 0.714. The summed E-state index contributed by atoms with van der Waals surface area (Å²) in [7, 11) is 0. The molecule has 0 bridgehead atoms. The predicted molar refractivity (Wildman–Crippen MR) is 101 cm³/mol. The third-order valence-electron chi connectivity index (χ3n) is 2.64. The van der Waals surface area contributed by atoms with Gasteiger partial charge in [-0.1, -0.05) is 6.92 Å². The van der Waals surface area contributed by atoms with Gasteiger partial charge in [-0.2, -0.15) is 0 Å². The van der Waals surface area contributed by atoms with Gasteiger partial charge in [0.2, 0.25) is 0 Å². The summed E-state index contributed by atoms with van der Waals surface area (Å²) in [6, 6.07) is 0. The highest BCUT2D eigenvalue weighted by Gasteiger charge is 2.01. The molecule has 0 aromatic carbocycles. The molecule has 1 heterocycles. The molecule has 21 heavy (non-hydrogen) atoms. The number of nitrogens with one attached hydrogen (secondary N) is 2. The largest absolute Gasteiger partial charge is 0.380 e. The number of thiazole rings is 1. The van der Waals surface area contributed by atoms with Crippen molar-refractivity contribution in [3.8, 4) is 0 Å². The topological polar surface area (TPSA) is 58.5 Å². The molecule has 1 aromatic rings. The van der Waals surface area contributed by atoms with Crippen molar-refractivity contribution in [2.75, 3.05) is 32.8 Å². The zero-order chi connectivity index (χ0) is 14.6. The molecule has 0 saturated heterocycles. The monoisotopic (exact) mass is 426 g/mol. The molecular weight excluding hydrogens is 399 g/mol. The van der Waals surface area contributed by atoms with E-state index in [0.29, 0.717) is 13.2 Å². The molecule has 5 nitrogen and oxygen atoms in total. The van der Waals surface area contributed by atoms with Gasteiger partial charge in [0.1, 0.15) is 0 Å². The van der Waals surface area contributed by atoms with Crippen molar-refractivity contribution in [1.82, 2.24) is 15.6 Å². The second-order valence-corrected chi connectivity index (χ2v) is 5.41. The molecule has 0 fully saturated rings. The lowest BCUT2D eigenvalue weighted by atomic mass is 10.4. The maximum Gasteiger partial charge on any atom is 0.191 e. The van der Waals surface area contributed by atoms with Gasteiger partial charge >= 0.3 is 0 Å². The highest BCUT2D eigenvalue weighted by atomic mass is 127. The highest BCUT2D eigenvalue weighted by molar-refractivity contribution is 14.0. The molecule has 0 aliphatic carbocycles. The third kappa shape index (κ3) is 9.26. The molecule has 0 unspecified atom stereocenters. The van der Waals surface area contributed by atoms with E-state index in [1.54, 1.807) is 11.3 Å². The van der Waals surface area contributed by atoms with Crippen molar-refractivity contribution < 1.29 is 4.74 Å². The van der Waals surface area contributed by atoms with Gasteiger partial charge < -0.3 is 15.4 Å². The van der Waals surface area contributed by atoms with E-state index < -0.39 is 0 Å². The first-order valence-electron chi connectivity index (χ1n) is 7.33. The van der Waals surface area contributed by atoms with E-state index >= 15 is 0 Å². The van der Waals surface area contributed by atoms with Crippen molar-refractivity contribution >= 4 is 41.3 Å². The van der Waals surface area contributed by atoms with Crippen LogP contribution in [0.25, 0.3) is 0 Å².